The van der Waals surface area contributed by atoms with Crippen LogP contribution in [0.3, 0.4) is 0 Å². The molecular weight excluding hydrogens is 174 g/mol. The molecule has 0 unspecified atom stereocenters. The predicted octanol–water partition coefficient (Wildman–Crippen LogP) is 3.03. The van der Waals surface area contributed by atoms with Crippen LogP contribution in [0, 0.1) is 5.92 Å². The fourth-order valence-corrected chi connectivity index (χ4v) is 2.61. The van der Waals surface area contributed by atoms with Crippen molar-refractivity contribution in [1.29, 1.82) is 0 Å². The zero-order chi connectivity index (χ0) is 9.23. The van der Waals surface area contributed by atoms with Crippen molar-refractivity contribution < 1.29 is 0 Å². The van der Waals surface area contributed by atoms with Crippen LogP contribution in [0.5, 0.6) is 0 Å². The molecule has 0 saturated heterocycles. The third kappa shape index (κ3) is 2.91. The fraction of sp³-hybridized carbons (Fsp3) is 1.00. The minimum Gasteiger partial charge on any atom is -0.351 e. The average Bonchev–Trinajstić information content (AvgIpc) is 1.85. The summed E-state index contributed by atoms with van der Waals surface area (Å²) in [4.78, 5) is 0. The van der Waals surface area contributed by atoms with E-state index in [-0.39, 0.29) is 5.31 Å². The summed E-state index contributed by atoms with van der Waals surface area (Å²) in [5, 5.41) is 0.566. The molecule has 0 rings (SSSR count). The topological polar surface area (TPSA) is 0 Å². The highest BCUT2D eigenvalue weighted by Gasteiger charge is 2.31. The van der Waals surface area contributed by atoms with Crippen LogP contribution in [0.25, 0.3) is 0 Å². The van der Waals surface area contributed by atoms with E-state index in [1.165, 1.54) is 0 Å². The Morgan fingerprint density at radius 1 is 1.27 bits per heavy atom. The maximum absolute atomic E-state index is 6.31. The van der Waals surface area contributed by atoms with E-state index < -0.39 is 0 Å². The van der Waals surface area contributed by atoms with E-state index in [1.807, 2.05) is 0 Å². The molecule has 0 fully saturated rings. The number of hydrogen-bond donors (Lipinski definition) is 0. The molecule has 0 amide bonds. The molecule has 0 spiro atoms. The van der Waals surface area contributed by atoms with Gasteiger partial charge in [-0.2, -0.15) is 0 Å². The van der Waals surface area contributed by atoms with Gasteiger partial charge in [0.1, 0.15) is 0 Å². The van der Waals surface area contributed by atoms with Crippen molar-refractivity contribution in [1.82, 2.24) is 0 Å². The standard InChI is InChI=1S/C8H19BClS/c1-7(2)8(3,4)9(10)11(5)6/h7H,1-6H3. The lowest BCUT2D eigenvalue weighted by molar-refractivity contribution is 0.476. The SMILES string of the molecule is CC(C)C(C)(C)[B-](Cl)[S+](C)C. The smallest absolute Gasteiger partial charge is 0.239 e. The van der Waals surface area contributed by atoms with E-state index in [2.05, 4.69) is 40.2 Å². The molecular formula is C8H19BClS. The van der Waals surface area contributed by atoms with Gasteiger partial charge in [-0.05, 0) is 0 Å². The third-order valence-corrected chi connectivity index (χ3v) is 5.55. The highest BCUT2D eigenvalue weighted by molar-refractivity contribution is 8.26. The van der Waals surface area contributed by atoms with Gasteiger partial charge in [-0.15, -0.1) is 5.31 Å². The van der Waals surface area contributed by atoms with Gasteiger partial charge in [0.05, 0.1) is 12.5 Å². The predicted molar refractivity (Wildman–Crippen MR) is 59.7 cm³/mol. The van der Waals surface area contributed by atoms with Crippen molar-refractivity contribution in [3.05, 3.63) is 0 Å². The van der Waals surface area contributed by atoms with Crippen molar-refractivity contribution in [2.75, 3.05) is 12.5 Å². The molecule has 0 aliphatic carbocycles. The van der Waals surface area contributed by atoms with E-state index in [4.69, 9.17) is 11.5 Å². The van der Waals surface area contributed by atoms with E-state index in [0.717, 1.165) is 0 Å². The first-order valence-electron chi connectivity index (χ1n) is 4.00. The molecule has 0 saturated carbocycles. The van der Waals surface area contributed by atoms with Crippen LogP contribution >= 0.6 is 11.5 Å². The Morgan fingerprint density at radius 2 is 1.64 bits per heavy atom. The largest absolute Gasteiger partial charge is 0.351 e. The van der Waals surface area contributed by atoms with Gasteiger partial charge in [0.15, 0.2) is 0 Å². The summed E-state index contributed by atoms with van der Waals surface area (Å²) < 4.78 is 0. The van der Waals surface area contributed by atoms with Gasteiger partial charge < -0.3 is 11.5 Å². The van der Waals surface area contributed by atoms with Gasteiger partial charge in [0.2, 0.25) is 5.41 Å². The molecule has 0 aromatic rings. The molecule has 0 bridgehead atoms. The van der Waals surface area contributed by atoms with Gasteiger partial charge in [-0.25, -0.2) is 10.7 Å². The van der Waals surface area contributed by atoms with Crippen LogP contribution in [0.15, 0.2) is 0 Å². The van der Waals surface area contributed by atoms with Crippen molar-refractivity contribution >= 4 is 27.6 Å². The number of halogens is 1. The Labute approximate surface area is 79.3 Å². The molecule has 0 aliphatic rings. The summed E-state index contributed by atoms with van der Waals surface area (Å²) >= 11 is 6.31. The molecule has 0 heterocycles. The monoisotopic (exact) mass is 193 g/mol. The van der Waals surface area contributed by atoms with Crippen LogP contribution in [0.4, 0.5) is 0 Å². The van der Waals surface area contributed by atoms with Crippen molar-refractivity contribution in [3.63, 3.8) is 0 Å². The lowest BCUT2D eigenvalue weighted by Crippen LogP contribution is -2.34. The molecule has 3 heteroatoms. The minimum absolute atomic E-state index is 0.258. The first-order valence-corrected chi connectivity index (χ1v) is 6.54. The lowest BCUT2D eigenvalue weighted by atomic mass is 9.62. The Morgan fingerprint density at radius 3 is 1.73 bits per heavy atom. The van der Waals surface area contributed by atoms with E-state index in [9.17, 15) is 0 Å². The number of hydrogen-bond acceptors (Lipinski definition) is 0. The highest BCUT2D eigenvalue weighted by Crippen LogP contribution is 2.40. The molecule has 1 radical (unpaired) electrons. The molecule has 0 aromatic heterocycles. The Balaban J connectivity index is 4.29. The summed E-state index contributed by atoms with van der Waals surface area (Å²) in [6.45, 7) is 8.98. The maximum atomic E-state index is 6.31. The van der Waals surface area contributed by atoms with Crippen LogP contribution in [0.2, 0.25) is 5.31 Å². The Kier molecular flexibility index (Phi) is 4.35. The van der Waals surface area contributed by atoms with Crippen LogP contribution in [-0.4, -0.2) is 17.9 Å². The highest BCUT2D eigenvalue weighted by atomic mass is 35.5. The molecule has 11 heavy (non-hydrogen) atoms. The normalized spacial score (nSPS) is 13.6. The Bertz CT molecular complexity index is 123. The van der Waals surface area contributed by atoms with Crippen molar-refractivity contribution in [2.45, 2.75) is 33.0 Å². The van der Waals surface area contributed by atoms with Gasteiger partial charge in [-0.1, -0.05) is 33.6 Å². The van der Waals surface area contributed by atoms with Gasteiger partial charge in [0.25, 0.3) is 0 Å². The summed E-state index contributed by atoms with van der Waals surface area (Å²) in [5.41, 5.74) is 0. The van der Waals surface area contributed by atoms with E-state index in [1.54, 1.807) is 0 Å². The first kappa shape index (κ1) is 11.7. The van der Waals surface area contributed by atoms with Crippen molar-refractivity contribution in [3.8, 4) is 0 Å². The average molecular weight is 194 g/mol. The Hall–Kier alpha value is 0.705. The second kappa shape index (κ2) is 4.09. The van der Waals surface area contributed by atoms with Gasteiger partial charge in [-0.3, -0.25) is 0 Å². The number of rotatable bonds is 3. The summed E-state index contributed by atoms with van der Waals surface area (Å²) in [6, 6.07) is 0. The molecule has 0 N–H and O–H groups in total. The van der Waals surface area contributed by atoms with E-state index >= 15 is 0 Å². The van der Waals surface area contributed by atoms with Crippen molar-refractivity contribution in [2.24, 2.45) is 5.92 Å². The molecule has 0 aliphatic heterocycles. The molecule has 0 aromatic carbocycles. The van der Waals surface area contributed by atoms with E-state index in [0.29, 0.717) is 22.1 Å². The zero-order valence-corrected chi connectivity index (χ0v) is 10.0. The van der Waals surface area contributed by atoms with Crippen LogP contribution < -0.4 is 0 Å². The first-order chi connectivity index (χ1) is 4.80. The maximum Gasteiger partial charge on any atom is 0.239 e. The van der Waals surface area contributed by atoms with Crippen LogP contribution in [-0.2, 0) is 10.7 Å². The fourth-order valence-electron chi connectivity index (χ4n) is 0.870. The van der Waals surface area contributed by atoms with Gasteiger partial charge >= 0.3 is 0 Å². The van der Waals surface area contributed by atoms with Crippen LogP contribution in [0.1, 0.15) is 27.7 Å². The second-order valence-corrected chi connectivity index (χ2v) is 7.10. The summed E-state index contributed by atoms with van der Waals surface area (Å²) in [5.74, 6) is 0.653. The quantitative estimate of drug-likeness (QED) is 0.478. The third-order valence-electron chi connectivity index (χ3n) is 2.49. The summed E-state index contributed by atoms with van der Waals surface area (Å²) in [7, 11) is 0.315. The summed E-state index contributed by atoms with van der Waals surface area (Å²) in [6.07, 6.45) is 4.42. The molecule has 0 atom stereocenters. The minimum atomic E-state index is 0.258. The second-order valence-electron chi connectivity index (χ2n) is 4.17. The molecule has 67 valence electrons. The van der Waals surface area contributed by atoms with Gasteiger partial charge in [0, 0.05) is 0 Å². The molecule has 0 nitrogen and oxygen atoms in total. The zero-order valence-electron chi connectivity index (χ0n) is 8.44. The lowest BCUT2D eigenvalue weighted by Gasteiger charge is -2.39.